The van der Waals surface area contributed by atoms with Gasteiger partial charge in [-0.05, 0) is 42.7 Å². The van der Waals surface area contributed by atoms with E-state index in [0.717, 1.165) is 37.7 Å². The fraction of sp³-hybridized carbons (Fsp3) is 0.480. The summed E-state index contributed by atoms with van der Waals surface area (Å²) >= 11 is 0. The number of rotatable bonds is 12. The Morgan fingerprint density at radius 2 is 1.78 bits per heavy atom. The van der Waals surface area contributed by atoms with Gasteiger partial charge in [0.15, 0.2) is 0 Å². The number of nitrogens with one attached hydrogen (secondary N) is 1. The van der Waals surface area contributed by atoms with Crippen LogP contribution in [0.25, 0.3) is 0 Å². The van der Waals surface area contributed by atoms with Crippen LogP contribution in [0.1, 0.15) is 76.7 Å². The van der Waals surface area contributed by atoms with Gasteiger partial charge in [-0.2, -0.15) is 0 Å². The van der Waals surface area contributed by atoms with Gasteiger partial charge >= 0.3 is 0 Å². The Kier molecular flexibility index (Phi) is 14.2. The molecule has 0 aliphatic carbocycles. The third-order valence-electron chi connectivity index (χ3n) is 4.19. The predicted molar refractivity (Wildman–Crippen MR) is 115 cm³/mol. The second-order valence-corrected chi connectivity index (χ2v) is 6.65. The molecule has 1 aromatic rings. The number of amides is 1. The van der Waals surface area contributed by atoms with E-state index < -0.39 is 0 Å². The quantitative estimate of drug-likeness (QED) is 0.370. The van der Waals surface area contributed by atoms with E-state index in [1.165, 1.54) is 25.7 Å². The van der Waals surface area contributed by atoms with E-state index in [0.29, 0.717) is 13.0 Å². The molecule has 0 aliphatic heterocycles. The fourth-order valence-corrected chi connectivity index (χ4v) is 2.56. The number of unbranched alkanes of at least 4 members (excludes halogenated alkanes) is 7. The summed E-state index contributed by atoms with van der Waals surface area (Å²) in [4.78, 5) is 11.8. The molecule has 27 heavy (non-hydrogen) atoms. The van der Waals surface area contributed by atoms with Gasteiger partial charge in [-0.15, -0.1) is 0 Å². The lowest BCUT2D eigenvalue weighted by Crippen LogP contribution is -2.22. The van der Waals surface area contributed by atoms with Crippen molar-refractivity contribution in [3.8, 4) is 23.7 Å². The van der Waals surface area contributed by atoms with Crippen molar-refractivity contribution in [2.24, 2.45) is 0 Å². The molecule has 0 atom stereocenters. The highest BCUT2D eigenvalue weighted by Gasteiger charge is 2.00. The molecule has 0 bridgehead atoms. The van der Waals surface area contributed by atoms with Crippen LogP contribution in [-0.4, -0.2) is 5.91 Å². The zero-order chi connectivity index (χ0) is 19.4. The second kappa shape index (κ2) is 17.0. The highest BCUT2D eigenvalue weighted by Crippen LogP contribution is 2.07. The van der Waals surface area contributed by atoms with E-state index in [-0.39, 0.29) is 5.91 Å². The van der Waals surface area contributed by atoms with Crippen molar-refractivity contribution >= 4 is 5.91 Å². The van der Waals surface area contributed by atoms with E-state index in [2.05, 4.69) is 42.0 Å². The first-order valence-electron chi connectivity index (χ1n) is 10.3. The van der Waals surface area contributed by atoms with Crippen molar-refractivity contribution in [1.29, 1.82) is 0 Å². The Morgan fingerprint density at radius 3 is 2.59 bits per heavy atom. The summed E-state index contributed by atoms with van der Waals surface area (Å²) in [6.07, 6.45) is 14.6. The lowest BCUT2D eigenvalue weighted by atomic mass is 10.1. The number of hydrogen-bond donors (Lipinski definition) is 1. The molecule has 1 aromatic carbocycles. The standard InChI is InChI=1S/C25H33NO/c1-2-3-4-5-6-7-8-9-10-11-12-13-14-15-19-22-25(27)26-23-24-20-17-16-18-21-24/h5-6,16-18,20-21H,2-4,11-15,19,22-23H2,1H3,(H,26,27)/b6-5+. The van der Waals surface area contributed by atoms with Gasteiger partial charge in [0, 0.05) is 19.4 Å². The molecule has 0 saturated carbocycles. The van der Waals surface area contributed by atoms with E-state index in [1.807, 2.05) is 36.4 Å². The molecule has 0 fully saturated rings. The number of carbonyl (C=O) groups is 1. The predicted octanol–water partition coefficient (Wildman–Crippen LogP) is 5.79. The molecular weight excluding hydrogens is 330 g/mol. The Labute approximate surface area is 165 Å². The summed E-state index contributed by atoms with van der Waals surface area (Å²) in [7, 11) is 0. The summed E-state index contributed by atoms with van der Waals surface area (Å²) in [5.74, 6) is 12.0. The van der Waals surface area contributed by atoms with Gasteiger partial charge in [0.25, 0.3) is 0 Å². The molecule has 0 aliphatic rings. The van der Waals surface area contributed by atoms with Crippen LogP contribution >= 0.6 is 0 Å². The van der Waals surface area contributed by atoms with Crippen LogP contribution in [-0.2, 0) is 11.3 Å². The van der Waals surface area contributed by atoms with Crippen LogP contribution in [0.4, 0.5) is 0 Å². The van der Waals surface area contributed by atoms with Crippen LogP contribution < -0.4 is 5.32 Å². The van der Waals surface area contributed by atoms with E-state index in [9.17, 15) is 4.79 Å². The molecule has 1 rings (SSSR count). The number of allylic oxidation sites excluding steroid dienone is 2. The second-order valence-electron chi connectivity index (χ2n) is 6.65. The molecule has 0 aromatic heterocycles. The number of carbonyl (C=O) groups excluding carboxylic acids is 1. The monoisotopic (exact) mass is 363 g/mol. The van der Waals surface area contributed by atoms with E-state index >= 15 is 0 Å². The highest BCUT2D eigenvalue weighted by molar-refractivity contribution is 5.75. The van der Waals surface area contributed by atoms with Gasteiger partial charge < -0.3 is 5.32 Å². The highest BCUT2D eigenvalue weighted by atomic mass is 16.1. The summed E-state index contributed by atoms with van der Waals surface area (Å²) in [6, 6.07) is 10.0. The topological polar surface area (TPSA) is 29.1 Å². The zero-order valence-electron chi connectivity index (χ0n) is 16.7. The Bertz CT molecular complexity index is 652. The smallest absolute Gasteiger partial charge is 0.220 e. The SMILES string of the molecule is CCCC/C=C/C#CC#CCCCCCCCC(=O)NCc1ccccc1. The first-order valence-corrected chi connectivity index (χ1v) is 10.3. The van der Waals surface area contributed by atoms with Gasteiger partial charge in [0.05, 0.1) is 0 Å². The first kappa shape index (κ1) is 22.6. The van der Waals surface area contributed by atoms with E-state index in [1.54, 1.807) is 0 Å². The average molecular weight is 364 g/mol. The molecule has 0 heterocycles. The fourth-order valence-electron chi connectivity index (χ4n) is 2.56. The zero-order valence-corrected chi connectivity index (χ0v) is 16.7. The minimum atomic E-state index is 0.145. The van der Waals surface area contributed by atoms with Crippen molar-refractivity contribution in [3.05, 3.63) is 48.0 Å². The summed E-state index contributed by atoms with van der Waals surface area (Å²) in [5.41, 5.74) is 1.14. The average Bonchev–Trinajstić information content (AvgIpc) is 2.70. The van der Waals surface area contributed by atoms with Gasteiger partial charge in [-0.25, -0.2) is 0 Å². The molecule has 0 spiro atoms. The lowest BCUT2D eigenvalue weighted by Gasteiger charge is -2.05. The van der Waals surface area contributed by atoms with Gasteiger partial charge in [0.2, 0.25) is 5.91 Å². The minimum Gasteiger partial charge on any atom is -0.352 e. The van der Waals surface area contributed by atoms with Crippen LogP contribution in [0.3, 0.4) is 0 Å². The van der Waals surface area contributed by atoms with Crippen LogP contribution in [0.15, 0.2) is 42.5 Å². The molecule has 1 N–H and O–H groups in total. The van der Waals surface area contributed by atoms with Crippen molar-refractivity contribution in [3.63, 3.8) is 0 Å². The maximum atomic E-state index is 11.8. The van der Waals surface area contributed by atoms with E-state index in [4.69, 9.17) is 0 Å². The van der Waals surface area contributed by atoms with Crippen LogP contribution in [0.2, 0.25) is 0 Å². The van der Waals surface area contributed by atoms with Gasteiger partial charge in [-0.1, -0.05) is 87.3 Å². The molecule has 144 valence electrons. The summed E-state index contributed by atoms with van der Waals surface area (Å²) < 4.78 is 0. The molecule has 0 unspecified atom stereocenters. The minimum absolute atomic E-state index is 0.145. The van der Waals surface area contributed by atoms with Crippen molar-refractivity contribution in [1.82, 2.24) is 5.32 Å². The summed E-state index contributed by atoms with van der Waals surface area (Å²) in [6.45, 7) is 2.81. The molecular formula is C25H33NO. The van der Waals surface area contributed by atoms with Crippen LogP contribution in [0, 0.1) is 23.7 Å². The Hall–Kier alpha value is -2.45. The normalized spacial score (nSPS) is 9.96. The Balaban J connectivity index is 1.93. The molecule has 1 amide bonds. The van der Waals surface area contributed by atoms with Crippen molar-refractivity contribution in [2.75, 3.05) is 0 Å². The lowest BCUT2D eigenvalue weighted by molar-refractivity contribution is -0.121. The van der Waals surface area contributed by atoms with Crippen LogP contribution in [0.5, 0.6) is 0 Å². The van der Waals surface area contributed by atoms with Crippen molar-refractivity contribution in [2.45, 2.75) is 77.7 Å². The maximum absolute atomic E-state index is 11.8. The number of benzene rings is 1. The number of hydrogen-bond acceptors (Lipinski definition) is 1. The largest absolute Gasteiger partial charge is 0.352 e. The van der Waals surface area contributed by atoms with Crippen molar-refractivity contribution < 1.29 is 4.79 Å². The Morgan fingerprint density at radius 1 is 1.00 bits per heavy atom. The molecule has 2 nitrogen and oxygen atoms in total. The molecule has 0 saturated heterocycles. The molecule has 0 radical (unpaired) electrons. The third kappa shape index (κ3) is 14.4. The maximum Gasteiger partial charge on any atom is 0.220 e. The molecule has 2 heteroatoms. The first-order chi connectivity index (χ1) is 13.3. The summed E-state index contributed by atoms with van der Waals surface area (Å²) in [5, 5.41) is 2.97. The third-order valence-corrected chi connectivity index (χ3v) is 4.19. The van der Waals surface area contributed by atoms with Gasteiger partial charge in [-0.3, -0.25) is 4.79 Å². The van der Waals surface area contributed by atoms with Gasteiger partial charge in [0.1, 0.15) is 0 Å².